The van der Waals surface area contributed by atoms with Gasteiger partial charge in [-0.3, -0.25) is 0 Å². The maximum absolute atomic E-state index is 6.44. The van der Waals surface area contributed by atoms with Gasteiger partial charge in [-0.15, -0.1) is 11.3 Å². The van der Waals surface area contributed by atoms with Crippen LogP contribution in [0, 0.1) is 0 Å². The quantitative estimate of drug-likeness (QED) is 0.578. The van der Waals surface area contributed by atoms with Crippen molar-refractivity contribution in [3.8, 4) is 23.0 Å². The van der Waals surface area contributed by atoms with Crippen LogP contribution < -0.4 is 18.9 Å². The van der Waals surface area contributed by atoms with Gasteiger partial charge < -0.3 is 18.9 Å². The molecule has 3 aromatic rings. The summed E-state index contributed by atoms with van der Waals surface area (Å²) in [5.74, 6) is 2.61. The van der Waals surface area contributed by atoms with Crippen molar-refractivity contribution >= 4 is 17.0 Å². The van der Waals surface area contributed by atoms with E-state index in [1.54, 1.807) is 32.7 Å². The molecule has 0 N–H and O–H groups in total. The molecule has 0 saturated carbocycles. The first-order chi connectivity index (χ1) is 14.7. The molecule has 2 aliphatic heterocycles. The van der Waals surface area contributed by atoms with Gasteiger partial charge in [0.25, 0.3) is 0 Å². The van der Waals surface area contributed by atoms with Gasteiger partial charge in [0.1, 0.15) is 5.75 Å². The van der Waals surface area contributed by atoms with Gasteiger partial charge in [0, 0.05) is 17.5 Å². The van der Waals surface area contributed by atoms with Crippen LogP contribution in [0.2, 0.25) is 0 Å². The SMILES string of the molecule is COc1cc([C@H]2Oc3ccccc3[C@@H]3CC(c4cccs4)=NN23)cc(OC)c1OC. The number of fused-ring (bicyclic) bond motifs is 3. The molecule has 0 unspecified atom stereocenters. The topological polar surface area (TPSA) is 52.5 Å². The Hall–Kier alpha value is -3.19. The average molecular weight is 423 g/mol. The molecule has 0 fully saturated rings. The molecule has 0 spiro atoms. The summed E-state index contributed by atoms with van der Waals surface area (Å²) in [5, 5.41) is 9.12. The Balaban J connectivity index is 1.63. The minimum Gasteiger partial charge on any atom is -0.493 e. The van der Waals surface area contributed by atoms with Gasteiger partial charge in [0.05, 0.1) is 38.0 Å². The highest BCUT2D eigenvalue weighted by molar-refractivity contribution is 7.12. The van der Waals surface area contributed by atoms with Gasteiger partial charge in [-0.1, -0.05) is 24.3 Å². The van der Waals surface area contributed by atoms with E-state index in [4.69, 9.17) is 24.0 Å². The molecule has 0 amide bonds. The average Bonchev–Trinajstić information content (AvgIpc) is 3.47. The van der Waals surface area contributed by atoms with Crippen LogP contribution >= 0.6 is 11.3 Å². The van der Waals surface area contributed by atoms with Crippen LogP contribution in [0.3, 0.4) is 0 Å². The van der Waals surface area contributed by atoms with Crippen molar-refractivity contribution < 1.29 is 18.9 Å². The third-order valence-electron chi connectivity index (χ3n) is 5.48. The first kappa shape index (κ1) is 18.8. The largest absolute Gasteiger partial charge is 0.493 e. The molecule has 0 saturated heterocycles. The van der Waals surface area contributed by atoms with E-state index in [0.29, 0.717) is 17.2 Å². The Kier molecular flexibility index (Phi) is 4.75. The van der Waals surface area contributed by atoms with Crippen molar-refractivity contribution in [1.29, 1.82) is 0 Å². The molecule has 5 rings (SSSR count). The number of para-hydroxylation sites is 1. The van der Waals surface area contributed by atoms with Crippen LogP contribution in [0.1, 0.15) is 34.7 Å². The number of benzene rings is 2. The minimum atomic E-state index is -0.406. The maximum Gasteiger partial charge on any atom is 0.214 e. The van der Waals surface area contributed by atoms with E-state index in [2.05, 4.69) is 28.6 Å². The molecule has 30 heavy (non-hydrogen) atoms. The number of ether oxygens (including phenoxy) is 4. The highest BCUT2D eigenvalue weighted by atomic mass is 32.1. The summed E-state index contributed by atoms with van der Waals surface area (Å²) in [7, 11) is 4.83. The zero-order chi connectivity index (χ0) is 20.7. The number of nitrogens with zero attached hydrogens (tertiary/aromatic N) is 2. The molecule has 2 aliphatic rings. The van der Waals surface area contributed by atoms with Crippen molar-refractivity contribution in [2.24, 2.45) is 5.10 Å². The molecule has 1 aromatic heterocycles. The van der Waals surface area contributed by atoms with E-state index in [1.165, 1.54) is 4.88 Å². The lowest BCUT2D eigenvalue weighted by molar-refractivity contribution is -0.0192. The molecular weight excluding hydrogens is 400 g/mol. The molecule has 0 aliphatic carbocycles. The number of thiophene rings is 1. The van der Waals surface area contributed by atoms with E-state index in [9.17, 15) is 0 Å². The van der Waals surface area contributed by atoms with E-state index >= 15 is 0 Å². The number of methoxy groups -OCH3 is 3. The Morgan fingerprint density at radius 2 is 1.77 bits per heavy atom. The third-order valence-corrected chi connectivity index (χ3v) is 6.40. The van der Waals surface area contributed by atoms with Gasteiger partial charge in [0.2, 0.25) is 12.0 Å². The lowest BCUT2D eigenvalue weighted by atomic mass is 9.97. The minimum absolute atomic E-state index is 0.108. The van der Waals surface area contributed by atoms with E-state index in [1.807, 2.05) is 30.3 Å². The second-order valence-corrected chi connectivity index (χ2v) is 8.04. The van der Waals surface area contributed by atoms with Crippen LogP contribution in [0.5, 0.6) is 23.0 Å². The van der Waals surface area contributed by atoms with E-state index in [-0.39, 0.29) is 6.04 Å². The van der Waals surface area contributed by atoms with Crippen molar-refractivity contribution in [2.75, 3.05) is 21.3 Å². The summed E-state index contributed by atoms with van der Waals surface area (Å²) in [5.41, 5.74) is 3.12. The van der Waals surface area contributed by atoms with Gasteiger partial charge >= 0.3 is 0 Å². The summed E-state index contributed by atoms with van der Waals surface area (Å²) >= 11 is 1.71. The highest BCUT2D eigenvalue weighted by Crippen LogP contribution is 2.49. The van der Waals surface area contributed by atoms with Crippen LogP contribution in [0.15, 0.2) is 59.0 Å². The molecule has 0 radical (unpaired) electrons. The smallest absolute Gasteiger partial charge is 0.214 e. The lowest BCUT2D eigenvalue weighted by Gasteiger charge is -2.38. The number of hydrazone groups is 1. The highest BCUT2D eigenvalue weighted by Gasteiger charge is 2.41. The predicted molar refractivity (Wildman–Crippen MR) is 116 cm³/mol. The Morgan fingerprint density at radius 1 is 1.00 bits per heavy atom. The predicted octanol–water partition coefficient (Wildman–Crippen LogP) is 5.02. The molecule has 0 bridgehead atoms. The normalized spacial score (nSPS) is 19.4. The van der Waals surface area contributed by atoms with Crippen molar-refractivity contribution in [1.82, 2.24) is 5.01 Å². The fraction of sp³-hybridized carbons (Fsp3) is 0.261. The molecule has 154 valence electrons. The summed E-state index contributed by atoms with van der Waals surface area (Å²) in [6.07, 6.45) is 0.429. The second-order valence-electron chi connectivity index (χ2n) is 7.09. The fourth-order valence-electron chi connectivity index (χ4n) is 4.09. The monoisotopic (exact) mass is 422 g/mol. The van der Waals surface area contributed by atoms with Gasteiger partial charge in [-0.25, -0.2) is 5.01 Å². The van der Waals surface area contributed by atoms with Gasteiger partial charge in [-0.2, -0.15) is 5.10 Å². The van der Waals surface area contributed by atoms with Gasteiger partial charge in [0.15, 0.2) is 11.5 Å². The molecular formula is C23H22N2O4S. The van der Waals surface area contributed by atoms with E-state index in [0.717, 1.165) is 29.0 Å². The standard InChI is InChI=1S/C23H22N2O4S/c1-26-19-11-14(12-20(27-2)22(19)28-3)23-25-17(15-7-4-5-8-18(15)29-23)13-16(24-25)21-9-6-10-30-21/h4-12,17,23H,13H2,1-3H3/t17-,23+/m0/s1. The van der Waals surface area contributed by atoms with Crippen molar-refractivity contribution in [3.05, 3.63) is 69.9 Å². The second kappa shape index (κ2) is 7.57. The van der Waals surface area contributed by atoms with Gasteiger partial charge in [-0.05, 0) is 29.6 Å². The first-order valence-electron chi connectivity index (χ1n) is 9.68. The molecule has 3 heterocycles. The maximum atomic E-state index is 6.44. The van der Waals surface area contributed by atoms with Crippen LogP contribution in [0.25, 0.3) is 0 Å². The Labute approximate surface area is 179 Å². The number of hydrogen-bond donors (Lipinski definition) is 0. The molecule has 7 heteroatoms. The first-order valence-corrected chi connectivity index (χ1v) is 10.6. The van der Waals surface area contributed by atoms with Crippen molar-refractivity contribution in [3.63, 3.8) is 0 Å². The van der Waals surface area contributed by atoms with E-state index < -0.39 is 6.23 Å². The number of rotatable bonds is 5. The fourth-order valence-corrected chi connectivity index (χ4v) is 4.81. The lowest BCUT2D eigenvalue weighted by Crippen LogP contribution is -2.33. The summed E-state index contributed by atoms with van der Waals surface area (Å²) in [4.78, 5) is 1.19. The van der Waals surface area contributed by atoms with Crippen LogP contribution in [-0.4, -0.2) is 32.0 Å². The third kappa shape index (κ3) is 2.97. The zero-order valence-corrected chi connectivity index (χ0v) is 17.8. The summed E-state index contributed by atoms with van der Waals surface area (Å²) in [6, 6.07) is 16.3. The van der Waals surface area contributed by atoms with Crippen LogP contribution in [0.4, 0.5) is 0 Å². The zero-order valence-electron chi connectivity index (χ0n) is 17.0. The summed E-state index contributed by atoms with van der Waals surface area (Å²) < 4.78 is 23.0. The number of hydrogen-bond acceptors (Lipinski definition) is 7. The molecule has 6 nitrogen and oxygen atoms in total. The van der Waals surface area contributed by atoms with Crippen LogP contribution in [-0.2, 0) is 0 Å². The summed E-state index contributed by atoms with van der Waals surface area (Å²) in [6.45, 7) is 0. The Morgan fingerprint density at radius 3 is 2.43 bits per heavy atom. The Bertz CT molecular complexity index is 1070. The molecule has 2 atom stereocenters. The van der Waals surface area contributed by atoms with Crippen molar-refractivity contribution in [2.45, 2.75) is 18.7 Å². The molecule has 2 aromatic carbocycles.